The van der Waals surface area contributed by atoms with Crippen LogP contribution in [0, 0.1) is 16.0 Å². The minimum absolute atomic E-state index is 0.00296. The standard InChI is InChI=1S/C14H18N2O4/c1-10(12-3-2-4-13(7-12)16(19)20)14(18)15-6-5-11(8-15)9-17/h2-4,7,10-11,17H,5-6,8-9H2,1H3. The van der Waals surface area contributed by atoms with Crippen molar-refractivity contribution in [2.45, 2.75) is 19.3 Å². The lowest BCUT2D eigenvalue weighted by atomic mass is 9.99. The SMILES string of the molecule is CC(C(=O)N1CCC(CO)C1)c1cccc([N+](=O)[O-])c1. The number of rotatable bonds is 4. The Balaban J connectivity index is 2.11. The Hall–Kier alpha value is -1.95. The number of hydrogen-bond donors (Lipinski definition) is 1. The van der Waals surface area contributed by atoms with Gasteiger partial charge in [0.1, 0.15) is 0 Å². The molecule has 1 saturated heterocycles. The summed E-state index contributed by atoms with van der Waals surface area (Å²) >= 11 is 0. The predicted molar refractivity (Wildman–Crippen MR) is 73.3 cm³/mol. The van der Waals surface area contributed by atoms with E-state index in [2.05, 4.69) is 0 Å². The molecule has 1 amide bonds. The van der Waals surface area contributed by atoms with Gasteiger partial charge in [-0.25, -0.2) is 0 Å². The molecule has 0 spiro atoms. The molecule has 0 radical (unpaired) electrons. The zero-order valence-electron chi connectivity index (χ0n) is 11.4. The molecule has 0 saturated carbocycles. The van der Waals surface area contributed by atoms with E-state index in [1.54, 1.807) is 24.0 Å². The van der Waals surface area contributed by atoms with Crippen LogP contribution < -0.4 is 0 Å². The number of hydrogen-bond acceptors (Lipinski definition) is 4. The highest BCUT2D eigenvalue weighted by Gasteiger charge is 2.29. The first-order chi connectivity index (χ1) is 9.52. The molecule has 2 atom stereocenters. The fourth-order valence-electron chi connectivity index (χ4n) is 2.51. The molecule has 2 unspecified atom stereocenters. The van der Waals surface area contributed by atoms with E-state index in [4.69, 9.17) is 5.11 Å². The number of carbonyl (C=O) groups is 1. The highest BCUT2D eigenvalue weighted by Crippen LogP contribution is 2.25. The molecule has 6 heteroatoms. The Bertz CT molecular complexity index is 518. The monoisotopic (exact) mass is 278 g/mol. The smallest absolute Gasteiger partial charge is 0.269 e. The average Bonchev–Trinajstić information content (AvgIpc) is 2.94. The van der Waals surface area contributed by atoms with Crippen LogP contribution in [0.15, 0.2) is 24.3 Å². The molecular formula is C14H18N2O4. The Morgan fingerprint density at radius 1 is 1.60 bits per heavy atom. The van der Waals surface area contributed by atoms with Gasteiger partial charge in [0, 0.05) is 37.7 Å². The summed E-state index contributed by atoms with van der Waals surface area (Å²) in [5, 5.41) is 19.9. The molecule has 0 aromatic heterocycles. The first kappa shape index (κ1) is 14.5. The largest absolute Gasteiger partial charge is 0.396 e. The maximum Gasteiger partial charge on any atom is 0.269 e. The highest BCUT2D eigenvalue weighted by molar-refractivity contribution is 5.83. The van der Waals surface area contributed by atoms with Crippen LogP contribution in [-0.2, 0) is 4.79 Å². The molecule has 1 aromatic rings. The molecule has 1 aliphatic heterocycles. The summed E-state index contributed by atoms with van der Waals surface area (Å²) in [6.45, 7) is 3.06. The van der Waals surface area contributed by atoms with Gasteiger partial charge in [-0.1, -0.05) is 12.1 Å². The number of likely N-dealkylation sites (tertiary alicyclic amines) is 1. The van der Waals surface area contributed by atoms with Crippen LogP contribution in [-0.4, -0.2) is 40.5 Å². The van der Waals surface area contributed by atoms with Crippen molar-refractivity contribution in [2.24, 2.45) is 5.92 Å². The number of amides is 1. The topological polar surface area (TPSA) is 83.7 Å². The average molecular weight is 278 g/mol. The zero-order chi connectivity index (χ0) is 14.7. The molecule has 0 aliphatic carbocycles. The first-order valence-corrected chi connectivity index (χ1v) is 6.67. The van der Waals surface area contributed by atoms with E-state index in [1.807, 2.05) is 0 Å². The zero-order valence-corrected chi connectivity index (χ0v) is 11.4. The summed E-state index contributed by atoms with van der Waals surface area (Å²) in [4.78, 5) is 24.4. The predicted octanol–water partition coefficient (Wildman–Crippen LogP) is 1.54. The second kappa shape index (κ2) is 6.00. The number of nitro groups is 1. The van der Waals surface area contributed by atoms with E-state index in [0.717, 1.165) is 6.42 Å². The third-order valence-corrected chi connectivity index (χ3v) is 3.81. The molecule has 1 fully saturated rings. The molecule has 2 rings (SSSR count). The molecule has 1 aromatic carbocycles. The summed E-state index contributed by atoms with van der Waals surface area (Å²) in [5.74, 6) is -0.301. The lowest BCUT2D eigenvalue weighted by molar-refractivity contribution is -0.384. The van der Waals surface area contributed by atoms with Crippen molar-refractivity contribution in [1.29, 1.82) is 0 Å². The van der Waals surface area contributed by atoms with Crippen molar-refractivity contribution in [1.82, 2.24) is 4.90 Å². The number of carbonyl (C=O) groups excluding carboxylic acids is 1. The molecule has 1 N–H and O–H groups in total. The molecule has 1 aliphatic rings. The fraction of sp³-hybridized carbons (Fsp3) is 0.500. The van der Waals surface area contributed by atoms with Gasteiger partial charge in [-0.3, -0.25) is 14.9 Å². The maximum absolute atomic E-state index is 12.4. The molecule has 20 heavy (non-hydrogen) atoms. The number of aliphatic hydroxyl groups is 1. The third kappa shape index (κ3) is 2.96. The van der Waals surface area contributed by atoms with Crippen molar-refractivity contribution in [3.05, 3.63) is 39.9 Å². The van der Waals surface area contributed by atoms with Crippen molar-refractivity contribution in [3.8, 4) is 0 Å². The Morgan fingerprint density at radius 3 is 2.95 bits per heavy atom. The lowest BCUT2D eigenvalue weighted by Gasteiger charge is -2.21. The molecule has 6 nitrogen and oxygen atoms in total. The highest BCUT2D eigenvalue weighted by atomic mass is 16.6. The van der Waals surface area contributed by atoms with Crippen LogP contribution in [0.5, 0.6) is 0 Å². The summed E-state index contributed by atoms with van der Waals surface area (Å²) in [6.07, 6.45) is 0.809. The van der Waals surface area contributed by atoms with E-state index in [0.29, 0.717) is 18.7 Å². The molecule has 0 bridgehead atoms. The van der Waals surface area contributed by atoms with Gasteiger partial charge in [0.05, 0.1) is 10.8 Å². The quantitative estimate of drug-likeness (QED) is 0.669. The van der Waals surface area contributed by atoms with Crippen molar-refractivity contribution in [3.63, 3.8) is 0 Å². The summed E-state index contributed by atoms with van der Waals surface area (Å²) < 4.78 is 0. The van der Waals surface area contributed by atoms with Gasteiger partial charge in [0.15, 0.2) is 0 Å². The van der Waals surface area contributed by atoms with Crippen molar-refractivity contribution < 1.29 is 14.8 Å². The van der Waals surface area contributed by atoms with Crippen LogP contribution in [0.2, 0.25) is 0 Å². The molecule has 1 heterocycles. The maximum atomic E-state index is 12.4. The summed E-state index contributed by atoms with van der Waals surface area (Å²) in [7, 11) is 0. The number of benzene rings is 1. The Labute approximate surface area is 117 Å². The first-order valence-electron chi connectivity index (χ1n) is 6.67. The second-order valence-corrected chi connectivity index (χ2v) is 5.20. The Morgan fingerprint density at radius 2 is 2.35 bits per heavy atom. The van der Waals surface area contributed by atoms with Gasteiger partial charge in [-0.05, 0) is 18.9 Å². The number of aliphatic hydroxyl groups excluding tert-OH is 1. The van der Waals surface area contributed by atoms with Crippen molar-refractivity contribution in [2.75, 3.05) is 19.7 Å². The summed E-state index contributed by atoms with van der Waals surface area (Å²) in [5.41, 5.74) is 0.647. The lowest BCUT2D eigenvalue weighted by Crippen LogP contribution is -2.32. The van der Waals surface area contributed by atoms with E-state index in [-0.39, 0.29) is 24.1 Å². The van der Waals surface area contributed by atoms with Crippen LogP contribution in [0.3, 0.4) is 0 Å². The second-order valence-electron chi connectivity index (χ2n) is 5.20. The van der Waals surface area contributed by atoms with Gasteiger partial charge in [0.25, 0.3) is 5.69 Å². The number of nitro benzene ring substituents is 1. The van der Waals surface area contributed by atoms with E-state index in [9.17, 15) is 14.9 Å². The van der Waals surface area contributed by atoms with Crippen LogP contribution in [0.4, 0.5) is 5.69 Å². The minimum Gasteiger partial charge on any atom is -0.396 e. The normalized spacial score (nSPS) is 19.9. The minimum atomic E-state index is -0.460. The van der Waals surface area contributed by atoms with E-state index in [1.165, 1.54) is 12.1 Å². The molecule has 108 valence electrons. The number of non-ortho nitro benzene ring substituents is 1. The van der Waals surface area contributed by atoms with Gasteiger partial charge in [-0.2, -0.15) is 0 Å². The third-order valence-electron chi connectivity index (χ3n) is 3.81. The van der Waals surface area contributed by atoms with Gasteiger partial charge in [0.2, 0.25) is 5.91 Å². The number of nitrogens with zero attached hydrogens (tertiary/aromatic N) is 2. The van der Waals surface area contributed by atoms with Crippen LogP contribution in [0.25, 0.3) is 0 Å². The van der Waals surface area contributed by atoms with Crippen LogP contribution >= 0.6 is 0 Å². The van der Waals surface area contributed by atoms with E-state index >= 15 is 0 Å². The van der Waals surface area contributed by atoms with Crippen LogP contribution in [0.1, 0.15) is 24.8 Å². The summed E-state index contributed by atoms with van der Waals surface area (Å²) in [6, 6.07) is 6.19. The van der Waals surface area contributed by atoms with Crippen molar-refractivity contribution >= 4 is 11.6 Å². The van der Waals surface area contributed by atoms with E-state index < -0.39 is 10.8 Å². The van der Waals surface area contributed by atoms with Gasteiger partial charge < -0.3 is 10.0 Å². The fourth-order valence-corrected chi connectivity index (χ4v) is 2.51. The Kier molecular flexibility index (Phi) is 4.34. The van der Waals surface area contributed by atoms with Gasteiger partial charge >= 0.3 is 0 Å². The molecular weight excluding hydrogens is 260 g/mol. The van der Waals surface area contributed by atoms with Gasteiger partial charge in [-0.15, -0.1) is 0 Å².